The lowest BCUT2D eigenvalue weighted by molar-refractivity contribution is -0.143. The van der Waals surface area contributed by atoms with E-state index in [0.29, 0.717) is 5.75 Å². The SMILES string of the molecule is COc1ccccc1C(=O)Nc1ccc(-n2nc(C(F)(F)F)cc2C(F)(F)F)cc1. The van der Waals surface area contributed by atoms with E-state index in [2.05, 4.69) is 10.4 Å². The van der Waals surface area contributed by atoms with Gasteiger partial charge in [-0.05, 0) is 36.4 Å². The number of methoxy groups -OCH3 is 1. The highest BCUT2D eigenvalue weighted by molar-refractivity contribution is 6.06. The van der Waals surface area contributed by atoms with Crippen LogP contribution in [0.25, 0.3) is 5.69 Å². The van der Waals surface area contributed by atoms with Gasteiger partial charge in [-0.25, -0.2) is 4.68 Å². The Bertz CT molecular complexity index is 1060. The summed E-state index contributed by atoms with van der Waals surface area (Å²) in [6.07, 6.45) is -10.1. The van der Waals surface area contributed by atoms with E-state index in [1.54, 1.807) is 18.2 Å². The third-order valence-corrected chi connectivity index (χ3v) is 4.01. The van der Waals surface area contributed by atoms with Crippen LogP contribution in [0, 0.1) is 0 Å². The molecule has 0 bridgehead atoms. The van der Waals surface area contributed by atoms with Crippen molar-refractivity contribution in [2.24, 2.45) is 0 Å². The van der Waals surface area contributed by atoms with E-state index in [0.717, 1.165) is 12.1 Å². The van der Waals surface area contributed by atoms with E-state index in [9.17, 15) is 31.1 Å². The molecule has 0 spiro atoms. The monoisotopic (exact) mass is 429 g/mol. The number of nitrogens with one attached hydrogen (secondary N) is 1. The van der Waals surface area contributed by atoms with Crippen LogP contribution >= 0.6 is 0 Å². The minimum atomic E-state index is -5.05. The minimum Gasteiger partial charge on any atom is -0.496 e. The predicted molar refractivity (Wildman–Crippen MR) is 94.5 cm³/mol. The highest BCUT2D eigenvalue weighted by Crippen LogP contribution is 2.36. The van der Waals surface area contributed by atoms with Crippen LogP contribution in [0.1, 0.15) is 21.7 Å². The molecule has 0 fully saturated rings. The van der Waals surface area contributed by atoms with Gasteiger partial charge in [0.2, 0.25) is 0 Å². The fraction of sp³-hybridized carbons (Fsp3) is 0.158. The molecule has 2 aromatic carbocycles. The summed E-state index contributed by atoms with van der Waals surface area (Å²) in [5, 5.41) is 5.58. The molecule has 5 nitrogen and oxygen atoms in total. The number of hydrogen-bond donors (Lipinski definition) is 1. The lowest BCUT2D eigenvalue weighted by Crippen LogP contribution is -2.14. The average Bonchev–Trinajstić information content (AvgIpc) is 3.15. The molecule has 1 aromatic heterocycles. The molecule has 0 saturated carbocycles. The van der Waals surface area contributed by atoms with Gasteiger partial charge in [0.1, 0.15) is 11.4 Å². The Morgan fingerprint density at radius 1 is 0.967 bits per heavy atom. The third-order valence-electron chi connectivity index (χ3n) is 4.01. The molecule has 30 heavy (non-hydrogen) atoms. The van der Waals surface area contributed by atoms with Gasteiger partial charge in [-0.15, -0.1) is 0 Å². The van der Waals surface area contributed by atoms with Crippen molar-refractivity contribution in [1.29, 1.82) is 0 Å². The number of hydrogen-bond acceptors (Lipinski definition) is 3. The molecule has 1 N–H and O–H groups in total. The number of benzene rings is 2. The molecule has 3 aromatic rings. The van der Waals surface area contributed by atoms with Crippen LogP contribution < -0.4 is 10.1 Å². The molecule has 158 valence electrons. The maximum absolute atomic E-state index is 13.1. The van der Waals surface area contributed by atoms with Gasteiger partial charge >= 0.3 is 12.4 Å². The van der Waals surface area contributed by atoms with Crippen molar-refractivity contribution in [2.45, 2.75) is 12.4 Å². The number of nitrogens with zero attached hydrogens (tertiary/aromatic N) is 2. The van der Waals surface area contributed by atoms with Crippen molar-refractivity contribution in [3.8, 4) is 11.4 Å². The molecule has 0 saturated heterocycles. The largest absolute Gasteiger partial charge is 0.496 e. The van der Waals surface area contributed by atoms with E-state index in [-0.39, 0.29) is 27.7 Å². The zero-order chi connectivity index (χ0) is 22.1. The van der Waals surface area contributed by atoms with Gasteiger partial charge in [0.15, 0.2) is 5.69 Å². The van der Waals surface area contributed by atoms with Crippen molar-refractivity contribution in [3.05, 3.63) is 71.5 Å². The van der Waals surface area contributed by atoms with Crippen molar-refractivity contribution in [3.63, 3.8) is 0 Å². The fourth-order valence-corrected chi connectivity index (χ4v) is 2.63. The van der Waals surface area contributed by atoms with E-state index in [4.69, 9.17) is 4.74 Å². The highest BCUT2D eigenvalue weighted by Gasteiger charge is 2.42. The molecule has 0 radical (unpaired) electrons. The van der Waals surface area contributed by atoms with Crippen LogP contribution in [0.4, 0.5) is 32.0 Å². The van der Waals surface area contributed by atoms with E-state index >= 15 is 0 Å². The van der Waals surface area contributed by atoms with Gasteiger partial charge in [-0.2, -0.15) is 31.4 Å². The van der Waals surface area contributed by atoms with Crippen molar-refractivity contribution < 1.29 is 35.9 Å². The minimum absolute atomic E-state index is 0.0582. The summed E-state index contributed by atoms with van der Waals surface area (Å²) in [4.78, 5) is 12.4. The van der Waals surface area contributed by atoms with Gasteiger partial charge in [-0.1, -0.05) is 12.1 Å². The van der Waals surface area contributed by atoms with Crippen molar-refractivity contribution in [2.75, 3.05) is 12.4 Å². The summed E-state index contributed by atoms with van der Waals surface area (Å²) >= 11 is 0. The molecule has 1 heterocycles. The summed E-state index contributed by atoms with van der Waals surface area (Å²) in [5.74, 6) is -0.215. The summed E-state index contributed by atoms with van der Waals surface area (Å²) in [5.41, 5.74) is -3.05. The summed E-state index contributed by atoms with van der Waals surface area (Å²) in [6, 6.07) is 11.0. The van der Waals surface area contributed by atoms with Gasteiger partial charge in [0.25, 0.3) is 5.91 Å². The molecule has 11 heteroatoms. The molecule has 0 aliphatic heterocycles. The zero-order valence-electron chi connectivity index (χ0n) is 15.2. The quantitative estimate of drug-likeness (QED) is 0.583. The number of alkyl halides is 6. The number of halogens is 6. The predicted octanol–water partition coefficient (Wildman–Crippen LogP) is 5.17. The van der Waals surface area contributed by atoms with Crippen molar-refractivity contribution in [1.82, 2.24) is 9.78 Å². The Hall–Kier alpha value is -3.50. The summed E-state index contributed by atoms with van der Waals surface area (Å²) < 4.78 is 83.1. The zero-order valence-corrected chi connectivity index (χ0v) is 15.2. The standard InChI is InChI=1S/C19H13F6N3O2/c1-30-14-5-3-2-4-13(14)17(29)26-11-6-8-12(9-7-11)28-16(19(23,24)25)10-15(27-28)18(20,21)22/h2-10H,1H3,(H,26,29). The summed E-state index contributed by atoms with van der Waals surface area (Å²) in [6.45, 7) is 0. The molecule has 0 aliphatic carbocycles. The smallest absolute Gasteiger partial charge is 0.435 e. The average molecular weight is 429 g/mol. The van der Waals surface area contributed by atoms with Gasteiger partial charge < -0.3 is 10.1 Å². The van der Waals surface area contributed by atoms with Crippen LogP contribution in [0.3, 0.4) is 0 Å². The Balaban J connectivity index is 1.89. The topological polar surface area (TPSA) is 56.1 Å². The number of ether oxygens (including phenoxy) is 1. The van der Waals surface area contributed by atoms with Crippen LogP contribution in [-0.2, 0) is 12.4 Å². The lowest BCUT2D eigenvalue weighted by atomic mass is 10.2. The second-order valence-electron chi connectivity index (χ2n) is 6.02. The first-order valence-corrected chi connectivity index (χ1v) is 8.30. The van der Waals surface area contributed by atoms with E-state index in [1.807, 2.05) is 0 Å². The number of carbonyl (C=O) groups excluding carboxylic acids is 1. The maximum atomic E-state index is 13.1. The van der Waals surface area contributed by atoms with E-state index < -0.39 is 29.6 Å². The van der Waals surface area contributed by atoms with E-state index in [1.165, 1.54) is 25.3 Å². The molecule has 0 unspecified atom stereocenters. The Morgan fingerprint density at radius 2 is 1.60 bits per heavy atom. The van der Waals surface area contributed by atoms with Crippen LogP contribution in [0.5, 0.6) is 5.75 Å². The first kappa shape index (κ1) is 21.2. The molecule has 1 amide bonds. The maximum Gasteiger partial charge on any atom is 0.435 e. The molecule has 0 atom stereocenters. The second kappa shape index (κ2) is 7.73. The Labute approximate surface area is 165 Å². The third kappa shape index (κ3) is 4.39. The second-order valence-corrected chi connectivity index (χ2v) is 6.02. The number of amides is 1. The highest BCUT2D eigenvalue weighted by atomic mass is 19.4. The number of aromatic nitrogens is 2. The molecular formula is C19H13F6N3O2. The lowest BCUT2D eigenvalue weighted by Gasteiger charge is -2.12. The number of carbonyl (C=O) groups is 1. The molecular weight excluding hydrogens is 416 g/mol. The normalized spacial score (nSPS) is 12.0. The van der Waals surface area contributed by atoms with Crippen LogP contribution in [0.15, 0.2) is 54.6 Å². The van der Waals surface area contributed by atoms with Crippen LogP contribution in [0.2, 0.25) is 0 Å². The molecule has 0 aliphatic rings. The van der Waals surface area contributed by atoms with Crippen LogP contribution in [-0.4, -0.2) is 22.8 Å². The fourth-order valence-electron chi connectivity index (χ4n) is 2.63. The first-order chi connectivity index (χ1) is 14.0. The van der Waals surface area contributed by atoms with Gasteiger partial charge in [0.05, 0.1) is 18.4 Å². The van der Waals surface area contributed by atoms with Gasteiger partial charge in [0, 0.05) is 11.8 Å². The number of rotatable bonds is 4. The Morgan fingerprint density at radius 3 is 2.17 bits per heavy atom. The number of para-hydroxylation sites is 1. The summed E-state index contributed by atoms with van der Waals surface area (Å²) in [7, 11) is 1.39. The van der Waals surface area contributed by atoms with Crippen molar-refractivity contribution >= 4 is 11.6 Å². The van der Waals surface area contributed by atoms with Gasteiger partial charge in [-0.3, -0.25) is 4.79 Å². The first-order valence-electron chi connectivity index (χ1n) is 8.30. The molecule has 3 rings (SSSR count). The number of anilines is 1. The Kier molecular flexibility index (Phi) is 5.47.